The number of hydrogen-bond acceptors (Lipinski definition) is 6. The number of primary amides is 1. The molecule has 0 bridgehead atoms. The van der Waals surface area contributed by atoms with Gasteiger partial charge in [-0.25, -0.2) is 9.97 Å². The van der Waals surface area contributed by atoms with Crippen LogP contribution in [0, 0.1) is 0 Å². The van der Waals surface area contributed by atoms with Gasteiger partial charge in [0.1, 0.15) is 10.8 Å². The van der Waals surface area contributed by atoms with Crippen molar-refractivity contribution in [2.45, 2.75) is 19.4 Å². The number of rotatable bonds is 3. The molecule has 0 saturated heterocycles. The lowest BCUT2D eigenvalue weighted by molar-refractivity contribution is -0.117. The maximum absolute atomic E-state index is 10.9. The van der Waals surface area contributed by atoms with E-state index in [0.717, 1.165) is 36.0 Å². The van der Waals surface area contributed by atoms with Crippen molar-refractivity contribution in [2.24, 2.45) is 5.73 Å². The SMILES string of the molecule is NC(=O)Cc1nc2c(s1)CN(c1cnccn1)CC2. The monoisotopic (exact) mass is 275 g/mol. The summed E-state index contributed by atoms with van der Waals surface area (Å²) in [5.41, 5.74) is 6.28. The van der Waals surface area contributed by atoms with Crippen molar-refractivity contribution in [1.82, 2.24) is 15.0 Å². The summed E-state index contributed by atoms with van der Waals surface area (Å²) in [4.78, 5) is 27.1. The maximum Gasteiger partial charge on any atom is 0.224 e. The molecule has 2 N–H and O–H groups in total. The average molecular weight is 275 g/mol. The molecular weight excluding hydrogens is 262 g/mol. The Morgan fingerprint density at radius 3 is 3.11 bits per heavy atom. The molecule has 0 atom stereocenters. The summed E-state index contributed by atoms with van der Waals surface area (Å²) in [7, 11) is 0. The van der Waals surface area contributed by atoms with Crippen LogP contribution in [0.4, 0.5) is 5.82 Å². The fourth-order valence-corrected chi connectivity index (χ4v) is 3.26. The highest BCUT2D eigenvalue weighted by molar-refractivity contribution is 7.11. The molecular formula is C12H13N5OS. The lowest BCUT2D eigenvalue weighted by Crippen LogP contribution is -2.30. The smallest absolute Gasteiger partial charge is 0.224 e. The van der Waals surface area contributed by atoms with Gasteiger partial charge in [0.25, 0.3) is 0 Å². The van der Waals surface area contributed by atoms with Gasteiger partial charge < -0.3 is 10.6 Å². The van der Waals surface area contributed by atoms with Crippen LogP contribution in [0.15, 0.2) is 18.6 Å². The van der Waals surface area contributed by atoms with Gasteiger partial charge in [0.15, 0.2) is 0 Å². The maximum atomic E-state index is 10.9. The number of aromatic nitrogens is 3. The number of fused-ring (bicyclic) bond motifs is 1. The van der Waals surface area contributed by atoms with Gasteiger partial charge in [-0.2, -0.15) is 0 Å². The van der Waals surface area contributed by atoms with Gasteiger partial charge in [-0.15, -0.1) is 11.3 Å². The second-order valence-electron chi connectivity index (χ2n) is 4.36. The summed E-state index contributed by atoms with van der Waals surface area (Å²) in [6.07, 6.45) is 6.20. The molecule has 0 fully saturated rings. The molecule has 1 aliphatic rings. The fraction of sp³-hybridized carbons (Fsp3) is 0.333. The zero-order valence-electron chi connectivity index (χ0n) is 10.2. The van der Waals surface area contributed by atoms with Crippen LogP contribution in [-0.4, -0.2) is 27.4 Å². The Kier molecular flexibility index (Phi) is 3.12. The second kappa shape index (κ2) is 4.93. The van der Waals surface area contributed by atoms with E-state index in [1.54, 1.807) is 29.9 Å². The molecule has 1 aliphatic heterocycles. The van der Waals surface area contributed by atoms with Crippen LogP contribution in [0.2, 0.25) is 0 Å². The first kappa shape index (κ1) is 12.0. The van der Waals surface area contributed by atoms with E-state index in [1.807, 2.05) is 0 Å². The Bertz CT molecular complexity index is 597. The van der Waals surface area contributed by atoms with Gasteiger partial charge in [0.2, 0.25) is 5.91 Å². The van der Waals surface area contributed by atoms with Crippen molar-refractivity contribution < 1.29 is 4.79 Å². The van der Waals surface area contributed by atoms with E-state index < -0.39 is 0 Å². The van der Waals surface area contributed by atoms with E-state index in [2.05, 4.69) is 19.9 Å². The second-order valence-corrected chi connectivity index (χ2v) is 5.52. The summed E-state index contributed by atoms with van der Waals surface area (Å²) < 4.78 is 0. The van der Waals surface area contributed by atoms with Gasteiger partial charge >= 0.3 is 0 Å². The molecule has 3 heterocycles. The first-order valence-electron chi connectivity index (χ1n) is 5.99. The zero-order chi connectivity index (χ0) is 13.2. The molecule has 19 heavy (non-hydrogen) atoms. The molecule has 2 aromatic rings. The first-order valence-corrected chi connectivity index (χ1v) is 6.81. The lowest BCUT2D eigenvalue weighted by Gasteiger charge is -2.26. The van der Waals surface area contributed by atoms with Crippen LogP contribution in [0.1, 0.15) is 15.6 Å². The topological polar surface area (TPSA) is 85.0 Å². The van der Waals surface area contributed by atoms with Crippen LogP contribution in [0.5, 0.6) is 0 Å². The number of hydrogen-bond donors (Lipinski definition) is 1. The van der Waals surface area contributed by atoms with Crippen molar-refractivity contribution in [3.8, 4) is 0 Å². The van der Waals surface area contributed by atoms with Gasteiger partial charge in [-0.05, 0) is 0 Å². The minimum atomic E-state index is -0.336. The third kappa shape index (κ3) is 2.55. The highest BCUT2D eigenvalue weighted by Gasteiger charge is 2.22. The minimum Gasteiger partial charge on any atom is -0.369 e. The molecule has 0 radical (unpaired) electrons. The highest BCUT2D eigenvalue weighted by atomic mass is 32.1. The molecule has 0 saturated carbocycles. The Balaban J connectivity index is 1.80. The molecule has 0 aromatic carbocycles. The number of thiazole rings is 1. The minimum absolute atomic E-state index is 0.225. The number of carbonyl (C=O) groups is 1. The highest BCUT2D eigenvalue weighted by Crippen LogP contribution is 2.27. The molecule has 0 aliphatic carbocycles. The molecule has 2 aromatic heterocycles. The number of anilines is 1. The summed E-state index contributed by atoms with van der Waals surface area (Å²) in [6, 6.07) is 0. The fourth-order valence-electron chi connectivity index (χ4n) is 2.12. The Morgan fingerprint density at radius 2 is 2.37 bits per heavy atom. The van der Waals surface area contributed by atoms with Gasteiger partial charge in [0, 0.05) is 30.2 Å². The third-order valence-corrected chi connectivity index (χ3v) is 4.06. The Labute approximate surface area is 114 Å². The number of carbonyl (C=O) groups excluding carboxylic acids is 1. The van der Waals surface area contributed by atoms with E-state index in [0.29, 0.717) is 0 Å². The van der Waals surface area contributed by atoms with E-state index >= 15 is 0 Å². The van der Waals surface area contributed by atoms with E-state index in [9.17, 15) is 4.79 Å². The van der Waals surface area contributed by atoms with Crippen molar-refractivity contribution in [2.75, 3.05) is 11.4 Å². The summed E-state index contributed by atoms with van der Waals surface area (Å²) >= 11 is 1.56. The third-order valence-electron chi connectivity index (χ3n) is 2.97. The Morgan fingerprint density at radius 1 is 1.47 bits per heavy atom. The van der Waals surface area contributed by atoms with Crippen molar-refractivity contribution in [1.29, 1.82) is 0 Å². The molecule has 0 unspecified atom stereocenters. The van der Waals surface area contributed by atoms with E-state index in [4.69, 9.17) is 5.73 Å². The first-order chi connectivity index (χ1) is 9.22. The van der Waals surface area contributed by atoms with Crippen LogP contribution in [0.3, 0.4) is 0 Å². The van der Waals surface area contributed by atoms with Crippen LogP contribution >= 0.6 is 11.3 Å². The predicted molar refractivity (Wildman–Crippen MR) is 71.8 cm³/mol. The normalized spacial score (nSPS) is 14.2. The summed E-state index contributed by atoms with van der Waals surface area (Å²) in [6.45, 7) is 1.63. The van der Waals surface area contributed by atoms with Crippen molar-refractivity contribution in [3.05, 3.63) is 34.2 Å². The molecule has 3 rings (SSSR count). The van der Waals surface area contributed by atoms with Crippen LogP contribution < -0.4 is 10.6 Å². The van der Waals surface area contributed by atoms with Gasteiger partial charge in [-0.1, -0.05) is 0 Å². The number of nitrogens with zero attached hydrogens (tertiary/aromatic N) is 4. The molecule has 98 valence electrons. The van der Waals surface area contributed by atoms with Gasteiger partial charge in [-0.3, -0.25) is 9.78 Å². The summed E-state index contributed by atoms with van der Waals surface area (Å²) in [5, 5.41) is 0.804. The molecule has 6 nitrogen and oxygen atoms in total. The largest absolute Gasteiger partial charge is 0.369 e. The molecule has 1 amide bonds. The van der Waals surface area contributed by atoms with Crippen molar-refractivity contribution in [3.63, 3.8) is 0 Å². The van der Waals surface area contributed by atoms with Crippen LogP contribution in [-0.2, 0) is 24.2 Å². The quantitative estimate of drug-likeness (QED) is 0.883. The number of nitrogens with two attached hydrogens (primary N) is 1. The van der Waals surface area contributed by atoms with Gasteiger partial charge in [0.05, 0.1) is 24.9 Å². The van der Waals surface area contributed by atoms with Crippen molar-refractivity contribution >= 4 is 23.1 Å². The Hall–Kier alpha value is -2.02. The molecule has 7 heteroatoms. The van der Waals surface area contributed by atoms with E-state index in [1.165, 1.54) is 4.88 Å². The standard InChI is InChI=1S/C12H13N5OS/c13-10(18)5-12-16-8-1-4-17(7-9(8)19-12)11-6-14-2-3-15-11/h2-3,6H,1,4-5,7H2,(H2,13,18). The average Bonchev–Trinajstić information content (AvgIpc) is 2.79. The lowest BCUT2D eigenvalue weighted by atomic mass is 10.2. The number of amides is 1. The zero-order valence-corrected chi connectivity index (χ0v) is 11.1. The summed E-state index contributed by atoms with van der Waals surface area (Å²) in [5.74, 6) is 0.537. The predicted octanol–water partition coefficient (Wildman–Crippen LogP) is 0.524. The molecule has 0 spiro atoms. The van der Waals surface area contributed by atoms with Crippen LogP contribution in [0.25, 0.3) is 0 Å². The van der Waals surface area contributed by atoms with E-state index in [-0.39, 0.29) is 12.3 Å².